The van der Waals surface area contributed by atoms with E-state index in [9.17, 15) is 19.6 Å². The number of amides is 4. The van der Waals surface area contributed by atoms with Crippen LogP contribution < -0.4 is 20.3 Å². The van der Waals surface area contributed by atoms with Gasteiger partial charge in [0, 0.05) is 18.0 Å². The van der Waals surface area contributed by atoms with E-state index in [1.165, 1.54) is 11.3 Å². The van der Waals surface area contributed by atoms with Gasteiger partial charge in [0.05, 0.1) is 22.4 Å². The molecule has 0 unspecified atom stereocenters. The number of thiophene rings is 1. The summed E-state index contributed by atoms with van der Waals surface area (Å²) < 4.78 is 5.98. The average Bonchev–Trinajstić information content (AvgIpc) is 3.81. The minimum atomic E-state index is -0.476. The molecule has 11 heteroatoms. The maximum Gasteiger partial charge on any atom is 0.331 e. The molecule has 4 amide bonds. The van der Waals surface area contributed by atoms with Crippen LogP contribution >= 0.6 is 11.3 Å². The number of aromatic nitrogens is 1. The predicted octanol–water partition coefficient (Wildman–Crippen LogP) is 7.58. The topological polar surface area (TPSA) is 137 Å². The van der Waals surface area contributed by atoms with E-state index >= 15 is 0 Å². The summed E-state index contributed by atoms with van der Waals surface area (Å²) in [6.45, 7) is 1.92. The molecular formula is C35H30N6O4S. The van der Waals surface area contributed by atoms with E-state index in [0.29, 0.717) is 69.5 Å². The van der Waals surface area contributed by atoms with E-state index in [1.807, 2.05) is 61.5 Å². The van der Waals surface area contributed by atoms with Crippen molar-refractivity contribution in [1.82, 2.24) is 10.3 Å². The number of aryl methyl sites for hydroxylation is 1. The quantitative estimate of drug-likeness (QED) is 0.160. The molecule has 0 spiro atoms. The molecule has 3 aliphatic rings. The number of rotatable bonds is 7. The molecule has 4 aromatic rings. The molecule has 2 aromatic carbocycles. The molecule has 3 heterocycles. The van der Waals surface area contributed by atoms with Crippen molar-refractivity contribution >= 4 is 62.2 Å². The van der Waals surface area contributed by atoms with Gasteiger partial charge in [-0.2, -0.15) is 5.26 Å². The summed E-state index contributed by atoms with van der Waals surface area (Å²) in [7, 11) is 0. The lowest BCUT2D eigenvalue weighted by Gasteiger charge is -2.30. The minimum Gasteiger partial charge on any atom is -0.457 e. The van der Waals surface area contributed by atoms with Crippen LogP contribution in [0.25, 0.3) is 10.2 Å². The van der Waals surface area contributed by atoms with Gasteiger partial charge in [0.1, 0.15) is 32.8 Å². The van der Waals surface area contributed by atoms with Gasteiger partial charge in [-0.25, -0.2) is 14.8 Å². The molecule has 2 N–H and O–H groups in total. The van der Waals surface area contributed by atoms with Gasteiger partial charge in [-0.15, -0.1) is 11.3 Å². The molecule has 0 radical (unpaired) electrons. The van der Waals surface area contributed by atoms with Gasteiger partial charge in [0.25, 0.3) is 11.8 Å². The number of nitrogens with zero attached hydrogens (tertiary/aromatic N) is 4. The molecular weight excluding hydrogens is 600 g/mol. The van der Waals surface area contributed by atoms with Crippen LogP contribution in [0.15, 0.2) is 77.4 Å². The number of hydrogen-bond donors (Lipinski definition) is 2. The van der Waals surface area contributed by atoms with Crippen molar-refractivity contribution in [2.45, 2.75) is 51.5 Å². The normalized spacial score (nSPS) is 17.7. The molecule has 2 aromatic heterocycles. The van der Waals surface area contributed by atoms with Crippen molar-refractivity contribution in [3.8, 4) is 17.6 Å². The van der Waals surface area contributed by atoms with E-state index in [0.717, 1.165) is 29.9 Å². The number of carbonyl (C=O) groups is 3. The molecule has 2 aliphatic carbocycles. The molecule has 1 aliphatic heterocycles. The summed E-state index contributed by atoms with van der Waals surface area (Å²) in [5, 5.41) is 16.1. The first-order valence-corrected chi connectivity index (χ1v) is 16.1. The number of allylic oxidation sites excluding steroid dienone is 1. The number of hydrogen-bond acceptors (Lipinski definition) is 7. The smallest absolute Gasteiger partial charge is 0.331 e. The maximum atomic E-state index is 13.6. The van der Waals surface area contributed by atoms with E-state index in [4.69, 9.17) is 4.74 Å². The van der Waals surface area contributed by atoms with Gasteiger partial charge >= 0.3 is 6.03 Å². The minimum absolute atomic E-state index is 0.112. The van der Waals surface area contributed by atoms with Gasteiger partial charge in [-0.3, -0.25) is 14.5 Å². The summed E-state index contributed by atoms with van der Waals surface area (Å²) in [6.07, 6.45) is 7.76. The number of aliphatic imine (C=N–C) groups is 1. The number of urea groups is 1. The molecule has 2 saturated carbocycles. The monoisotopic (exact) mass is 630 g/mol. The van der Waals surface area contributed by atoms with Crippen LogP contribution in [0.5, 0.6) is 11.5 Å². The Hall–Kier alpha value is -5.34. The summed E-state index contributed by atoms with van der Waals surface area (Å²) >= 11 is 1.24. The molecule has 0 saturated heterocycles. The highest BCUT2D eigenvalue weighted by Crippen LogP contribution is 2.46. The Morgan fingerprint density at radius 3 is 2.59 bits per heavy atom. The van der Waals surface area contributed by atoms with Crippen LogP contribution in [0.3, 0.4) is 0 Å². The molecule has 0 bridgehead atoms. The second-order valence-electron chi connectivity index (χ2n) is 11.7. The fourth-order valence-electron chi connectivity index (χ4n) is 5.87. The van der Waals surface area contributed by atoms with Crippen molar-refractivity contribution in [3.63, 3.8) is 0 Å². The third kappa shape index (κ3) is 5.87. The first kappa shape index (κ1) is 29.4. The summed E-state index contributed by atoms with van der Waals surface area (Å²) in [6, 6.07) is 18.3. The van der Waals surface area contributed by atoms with Crippen LogP contribution in [0.4, 0.5) is 21.9 Å². The van der Waals surface area contributed by atoms with Gasteiger partial charge < -0.3 is 15.4 Å². The Morgan fingerprint density at radius 2 is 1.87 bits per heavy atom. The van der Waals surface area contributed by atoms with E-state index in [2.05, 4.69) is 20.6 Å². The fourth-order valence-corrected chi connectivity index (χ4v) is 6.89. The number of carbonyl (C=O) groups excluding carboxylic acids is 3. The van der Waals surface area contributed by atoms with Crippen molar-refractivity contribution < 1.29 is 19.1 Å². The van der Waals surface area contributed by atoms with Crippen molar-refractivity contribution in [1.29, 1.82) is 5.26 Å². The zero-order chi connectivity index (χ0) is 31.8. The zero-order valence-electron chi connectivity index (χ0n) is 25.1. The zero-order valence-corrected chi connectivity index (χ0v) is 25.9. The largest absolute Gasteiger partial charge is 0.457 e. The number of nitriles is 1. The van der Waals surface area contributed by atoms with Crippen LogP contribution in [0.2, 0.25) is 0 Å². The van der Waals surface area contributed by atoms with Gasteiger partial charge in [-0.05, 0) is 93.3 Å². The lowest BCUT2D eigenvalue weighted by molar-refractivity contribution is -0.114. The predicted molar refractivity (Wildman–Crippen MR) is 177 cm³/mol. The maximum absolute atomic E-state index is 13.6. The molecule has 2 fully saturated rings. The first-order valence-electron chi connectivity index (χ1n) is 15.3. The van der Waals surface area contributed by atoms with Crippen molar-refractivity contribution in [3.05, 3.63) is 82.9 Å². The lowest BCUT2D eigenvalue weighted by Crippen LogP contribution is -2.38. The van der Waals surface area contributed by atoms with Gasteiger partial charge in [-0.1, -0.05) is 24.3 Å². The SMILES string of the molecule is Cc1cc(Oc2ccccc2)ccc1N1C(=O)Nc2c(C(=O)NC3CCC(=NC(=O)/C(C#N)=C/C4CC4)CC3)sc3nccc1c23. The number of anilines is 3. The fraction of sp³-hybridized carbons (Fsp3) is 0.257. The molecule has 10 nitrogen and oxygen atoms in total. The standard InChI is InChI=1S/C35H30N6O4S/c1-20-17-26(45-25-5-3-2-4-6-25)13-14-27(20)41-28-15-16-37-34-29(28)30(40-35(41)44)31(46-34)33(43)39-24-11-9-23(10-12-24)38-32(42)22(19-36)18-21-7-8-21/h2-6,13-18,21,24H,7-12H2,1H3,(H,39,43)(H,40,44)/b22-18+,38-23?. The van der Waals surface area contributed by atoms with E-state index < -0.39 is 5.91 Å². The Morgan fingerprint density at radius 1 is 1.09 bits per heavy atom. The van der Waals surface area contributed by atoms with Gasteiger partial charge in [0.15, 0.2) is 0 Å². The van der Waals surface area contributed by atoms with Crippen LogP contribution in [-0.2, 0) is 4.79 Å². The highest BCUT2D eigenvalue weighted by atomic mass is 32.1. The molecule has 0 atom stereocenters. The third-order valence-electron chi connectivity index (χ3n) is 8.37. The Kier molecular flexibility index (Phi) is 7.80. The van der Waals surface area contributed by atoms with Crippen LogP contribution in [0.1, 0.15) is 53.8 Å². The molecule has 230 valence electrons. The Balaban J connectivity index is 1.07. The number of pyridine rings is 1. The summed E-state index contributed by atoms with van der Waals surface area (Å²) in [5.41, 5.74) is 3.50. The van der Waals surface area contributed by atoms with E-state index in [1.54, 1.807) is 23.2 Å². The van der Waals surface area contributed by atoms with Crippen molar-refractivity contribution in [2.75, 3.05) is 10.2 Å². The average molecular weight is 631 g/mol. The second kappa shape index (κ2) is 12.2. The third-order valence-corrected chi connectivity index (χ3v) is 9.47. The van der Waals surface area contributed by atoms with Crippen LogP contribution in [-0.4, -0.2) is 34.6 Å². The van der Waals surface area contributed by atoms with Crippen LogP contribution in [0, 0.1) is 24.2 Å². The number of benzene rings is 2. The number of ether oxygens (including phenoxy) is 1. The van der Waals surface area contributed by atoms with Crippen molar-refractivity contribution in [2.24, 2.45) is 10.9 Å². The molecule has 7 rings (SSSR count). The second-order valence-corrected chi connectivity index (χ2v) is 12.7. The molecule has 46 heavy (non-hydrogen) atoms. The number of nitrogens with one attached hydrogen (secondary N) is 2. The summed E-state index contributed by atoms with van der Waals surface area (Å²) in [5.74, 6) is 0.939. The Bertz CT molecular complexity index is 1980. The van der Waals surface area contributed by atoms with Gasteiger partial charge in [0.2, 0.25) is 0 Å². The number of para-hydroxylation sites is 1. The highest BCUT2D eigenvalue weighted by molar-refractivity contribution is 7.21. The Labute approximate surface area is 269 Å². The first-order chi connectivity index (χ1) is 22.4. The lowest BCUT2D eigenvalue weighted by atomic mass is 9.93. The highest BCUT2D eigenvalue weighted by Gasteiger charge is 2.34. The van der Waals surface area contributed by atoms with E-state index in [-0.39, 0.29) is 23.6 Å². The summed E-state index contributed by atoms with van der Waals surface area (Å²) in [4.78, 5) is 51.0.